The van der Waals surface area contributed by atoms with Crippen molar-refractivity contribution in [3.05, 3.63) is 12.2 Å². The molecule has 1 saturated carbocycles. The third-order valence-electron chi connectivity index (χ3n) is 3.09. The van der Waals surface area contributed by atoms with Gasteiger partial charge in [-0.15, -0.1) is 0 Å². The lowest BCUT2D eigenvalue weighted by atomic mass is 9.95. The third kappa shape index (κ3) is 3.63. The van der Waals surface area contributed by atoms with Gasteiger partial charge in [0.2, 0.25) is 0 Å². The molecular weight excluding hydrogens is 188 g/mol. The van der Waals surface area contributed by atoms with E-state index in [9.17, 15) is 0 Å². The maximum Gasteiger partial charge on any atom is 0.137 e. The smallest absolute Gasteiger partial charge is 0.137 e. The zero-order valence-electron chi connectivity index (χ0n) is 9.21. The third-order valence-corrected chi connectivity index (χ3v) is 3.09. The molecule has 1 aliphatic carbocycles. The molecule has 0 saturated heterocycles. The predicted molar refractivity (Wildman–Crippen MR) is 59.6 cm³/mol. The number of hydrogen-bond acceptors (Lipinski definition) is 3. The normalized spacial score (nSPS) is 18.1. The van der Waals surface area contributed by atoms with Gasteiger partial charge in [0.15, 0.2) is 0 Å². The summed E-state index contributed by atoms with van der Waals surface area (Å²) in [6.07, 6.45) is 10.7. The quantitative estimate of drug-likeness (QED) is 0.724. The van der Waals surface area contributed by atoms with Gasteiger partial charge in [-0.1, -0.05) is 19.3 Å². The van der Waals surface area contributed by atoms with Crippen molar-refractivity contribution in [1.29, 1.82) is 0 Å². The molecule has 4 heteroatoms. The van der Waals surface area contributed by atoms with Crippen LogP contribution in [0.15, 0.2) is 6.33 Å². The summed E-state index contributed by atoms with van der Waals surface area (Å²) in [7, 11) is 0. The van der Waals surface area contributed by atoms with Gasteiger partial charge in [0.05, 0.1) is 0 Å². The van der Waals surface area contributed by atoms with Crippen LogP contribution in [0.5, 0.6) is 0 Å². The number of H-pyrrole nitrogens is 1. The Balaban J connectivity index is 1.54. The van der Waals surface area contributed by atoms with Crippen molar-refractivity contribution in [2.45, 2.75) is 51.0 Å². The van der Waals surface area contributed by atoms with Gasteiger partial charge in [0, 0.05) is 12.5 Å². The number of nitrogens with zero attached hydrogens (tertiary/aromatic N) is 2. The number of aryl methyl sites for hydroxylation is 1. The molecule has 0 bridgehead atoms. The van der Waals surface area contributed by atoms with Crippen LogP contribution in [0.4, 0.5) is 0 Å². The average Bonchev–Trinajstić information content (AvgIpc) is 2.79. The molecule has 0 spiro atoms. The molecule has 1 fully saturated rings. The fourth-order valence-corrected chi connectivity index (χ4v) is 2.22. The molecule has 0 unspecified atom stereocenters. The van der Waals surface area contributed by atoms with Gasteiger partial charge in [-0.05, 0) is 25.8 Å². The van der Waals surface area contributed by atoms with Crippen molar-refractivity contribution in [2.75, 3.05) is 6.54 Å². The first-order valence-electron chi connectivity index (χ1n) is 6.03. The molecule has 4 nitrogen and oxygen atoms in total. The Morgan fingerprint density at radius 3 is 2.93 bits per heavy atom. The highest BCUT2D eigenvalue weighted by atomic mass is 15.2. The summed E-state index contributed by atoms with van der Waals surface area (Å²) < 4.78 is 0. The Morgan fingerprint density at radius 2 is 2.20 bits per heavy atom. The van der Waals surface area contributed by atoms with Gasteiger partial charge in [0.1, 0.15) is 12.2 Å². The fourth-order valence-electron chi connectivity index (χ4n) is 2.22. The van der Waals surface area contributed by atoms with Gasteiger partial charge in [-0.3, -0.25) is 5.10 Å². The molecule has 1 aromatic heterocycles. The van der Waals surface area contributed by atoms with E-state index in [-0.39, 0.29) is 0 Å². The van der Waals surface area contributed by atoms with Crippen molar-refractivity contribution in [1.82, 2.24) is 20.5 Å². The fraction of sp³-hybridized carbons (Fsp3) is 0.818. The first-order chi connectivity index (χ1) is 7.45. The lowest BCUT2D eigenvalue weighted by molar-refractivity contribution is 0.372. The molecule has 84 valence electrons. The molecule has 0 aromatic carbocycles. The maximum atomic E-state index is 4.11. The highest BCUT2D eigenvalue weighted by molar-refractivity contribution is 4.80. The van der Waals surface area contributed by atoms with E-state index in [2.05, 4.69) is 20.5 Å². The summed E-state index contributed by atoms with van der Waals surface area (Å²) in [6, 6.07) is 0.772. The lowest BCUT2D eigenvalue weighted by Crippen LogP contribution is -2.31. The van der Waals surface area contributed by atoms with Crippen molar-refractivity contribution < 1.29 is 0 Å². The molecule has 0 atom stereocenters. The summed E-state index contributed by atoms with van der Waals surface area (Å²) in [4.78, 5) is 4.11. The summed E-state index contributed by atoms with van der Waals surface area (Å²) in [5.74, 6) is 1.00. The Kier molecular flexibility index (Phi) is 4.14. The minimum atomic E-state index is 0.772. The maximum absolute atomic E-state index is 4.11. The number of aromatic nitrogens is 3. The number of aromatic amines is 1. The van der Waals surface area contributed by atoms with Crippen LogP contribution in [-0.4, -0.2) is 27.8 Å². The zero-order chi connectivity index (χ0) is 10.3. The molecule has 15 heavy (non-hydrogen) atoms. The van der Waals surface area contributed by atoms with E-state index < -0.39 is 0 Å². The van der Waals surface area contributed by atoms with Crippen LogP contribution in [0.3, 0.4) is 0 Å². The Bertz CT molecular complexity index is 252. The molecule has 1 aromatic rings. The molecule has 2 N–H and O–H groups in total. The molecular formula is C11H20N4. The first-order valence-corrected chi connectivity index (χ1v) is 6.03. The second kappa shape index (κ2) is 5.85. The topological polar surface area (TPSA) is 53.6 Å². The molecule has 0 amide bonds. The minimum absolute atomic E-state index is 0.772. The van der Waals surface area contributed by atoms with Gasteiger partial charge >= 0.3 is 0 Å². The highest BCUT2D eigenvalue weighted by Gasteiger charge is 2.11. The van der Waals surface area contributed by atoms with Crippen LogP contribution >= 0.6 is 0 Å². The second-order valence-corrected chi connectivity index (χ2v) is 4.32. The number of hydrogen-bond donors (Lipinski definition) is 2. The molecule has 1 aliphatic rings. The Hall–Kier alpha value is -0.900. The van der Waals surface area contributed by atoms with E-state index in [1.165, 1.54) is 32.1 Å². The van der Waals surface area contributed by atoms with Crippen LogP contribution < -0.4 is 5.32 Å². The van der Waals surface area contributed by atoms with Crippen LogP contribution in [0.1, 0.15) is 44.3 Å². The van der Waals surface area contributed by atoms with Crippen LogP contribution in [0.25, 0.3) is 0 Å². The Morgan fingerprint density at radius 1 is 1.33 bits per heavy atom. The molecule has 0 radical (unpaired) electrons. The van der Waals surface area contributed by atoms with Crippen molar-refractivity contribution in [2.24, 2.45) is 0 Å². The van der Waals surface area contributed by atoms with Gasteiger partial charge in [-0.2, -0.15) is 5.10 Å². The summed E-state index contributed by atoms with van der Waals surface area (Å²) >= 11 is 0. The SMILES string of the molecule is c1n[nH]c(CCCNC2CCCCC2)n1. The van der Waals surface area contributed by atoms with E-state index in [4.69, 9.17) is 0 Å². The first kappa shape index (κ1) is 10.6. The molecule has 0 aliphatic heterocycles. The second-order valence-electron chi connectivity index (χ2n) is 4.32. The minimum Gasteiger partial charge on any atom is -0.314 e. The van der Waals surface area contributed by atoms with Crippen molar-refractivity contribution in [3.63, 3.8) is 0 Å². The predicted octanol–water partition coefficient (Wildman–Crippen LogP) is 1.66. The monoisotopic (exact) mass is 208 g/mol. The lowest BCUT2D eigenvalue weighted by Gasteiger charge is -2.22. The van der Waals surface area contributed by atoms with Crippen LogP contribution in [0.2, 0.25) is 0 Å². The largest absolute Gasteiger partial charge is 0.314 e. The van der Waals surface area contributed by atoms with Crippen LogP contribution in [0, 0.1) is 0 Å². The van der Waals surface area contributed by atoms with Gasteiger partial charge < -0.3 is 5.32 Å². The molecule has 2 rings (SSSR count). The number of nitrogens with one attached hydrogen (secondary N) is 2. The van der Waals surface area contributed by atoms with E-state index in [0.717, 1.165) is 31.3 Å². The highest BCUT2D eigenvalue weighted by Crippen LogP contribution is 2.17. The van der Waals surface area contributed by atoms with E-state index in [0.29, 0.717) is 0 Å². The van der Waals surface area contributed by atoms with Crippen LogP contribution in [-0.2, 0) is 6.42 Å². The van der Waals surface area contributed by atoms with Crippen molar-refractivity contribution >= 4 is 0 Å². The summed E-state index contributed by atoms with van der Waals surface area (Å²) in [5, 5.41) is 10.3. The standard InChI is InChI=1S/C11H20N4/c1-2-5-10(6-3-1)12-8-4-7-11-13-9-14-15-11/h9-10,12H,1-8H2,(H,13,14,15). The van der Waals surface area contributed by atoms with E-state index >= 15 is 0 Å². The van der Waals surface area contributed by atoms with Crippen molar-refractivity contribution in [3.8, 4) is 0 Å². The van der Waals surface area contributed by atoms with E-state index in [1.807, 2.05) is 0 Å². The van der Waals surface area contributed by atoms with Gasteiger partial charge in [0.25, 0.3) is 0 Å². The average molecular weight is 208 g/mol. The van der Waals surface area contributed by atoms with Gasteiger partial charge in [-0.25, -0.2) is 4.98 Å². The van der Waals surface area contributed by atoms with E-state index in [1.54, 1.807) is 6.33 Å². The summed E-state index contributed by atoms with van der Waals surface area (Å²) in [6.45, 7) is 1.10. The zero-order valence-corrected chi connectivity index (χ0v) is 9.21. The summed E-state index contributed by atoms with van der Waals surface area (Å²) in [5.41, 5.74) is 0. The molecule has 1 heterocycles. The number of rotatable bonds is 5. The Labute approximate surface area is 90.9 Å².